The van der Waals surface area contributed by atoms with Gasteiger partial charge in [-0.1, -0.05) is 60.1 Å². The summed E-state index contributed by atoms with van der Waals surface area (Å²) in [5.74, 6) is 0.588. The molecule has 7 nitrogen and oxygen atoms in total. The van der Waals surface area contributed by atoms with Crippen molar-refractivity contribution in [2.75, 3.05) is 5.73 Å². The van der Waals surface area contributed by atoms with Gasteiger partial charge in [-0.15, -0.1) is 0 Å². The van der Waals surface area contributed by atoms with Gasteiger partial charge in [0.2, 0.25) is 16.0 Å². The van der Waals surface area contributed by atoms with E-state index in [0.717, 1.165) is 26.4 Å². The molecule has 0 radical (unpaired) electrons. The van der Waals surface area contributed by atoms with Crippen LogP contribution >= 0.6 is 11.6 Å². The number of rotatable bonds is 5. The smallest absolute Gasteiger partial charge is 0.244 e. The first-order valence-corrected chi connectivity index (χ1v) is 12.6. The molecule has 9 heteroatoms. The molecule has 2 aromatic heterocycles. The van der Waals surface area contributed by atoms with Gasteiger partial charge >= 0.3 is 0 Å². The molecule has 0 aliphatic rings. The summed E-state index contributed by atoms with van der Waals surface area (Å²) in [4.78, 5) is 12.6. The quantitative estimate of drug-likeness (QED) is 0.333. The van der Waals surface area contributed by atoms with Gasteiger partial charge in [0.1, 0.15) is 5.82 Å². The Morgan fingerprint density at radius 2 is 1.65 bits per heavy atom. The minimum Gasteiger partial charge on any atom is -0.368 e. The molecule has 0 spiro atoms. The van der Waals surface area contributed by atoms with Crippen molar-refractivity contribution in [3.8, 4) is 33.9 Å². The normalized spacial score (nSPS) is 12.0. The van der Waals surface area contributed by atoms with Crippen molar-refractivity contribution >= 4 is 38.6 Å². The Morgan fingerprint density at radius 3 is 2.35 bits per heavy atom. The molecule has 5 aromatic rings. The number of fused-ring (bicyclic) bond motifs is 1. The van der Waals surface area contributed by atoms with Crippen LogP contribution in [-0.2, 0) is 10.0 Å². The van der Waals surface area contributed by atoms with Crippen molar-refractivity contribution in [1.29, 1.82) is 0 Å². The number of hydrogen-bond donors (Lipinski definition) is 2. The van der Waals surface area contributed by atoms with E-state index >= 15 is 0 Å². The lowest BCUT2D eigenvalue weighted by molar-refractivity contribution is 0.580. The standard InChI is InChI=1S/C25H22ClN5O2S/c1-15(2)34(32,33)31-21-14-17(11-12-20(21)28-25(31)27)23-22(16-7-4-3-5-8-16)29-24(30-23)18-9-6-10-19(26)13-18/h3-15H,1-2H3,(H2,27,28)(H,29,30). The van der Waals surface area contributed by atoms with Crippen LogP contribution in [0.1, 0.15) is 13.8 Å². The Labute approximate surface area is 202 Å². The van der Waals surface area contributed by atoms with Crippen molar-refractivity contribution in [3.63, 3.8) is 0 Å². The SMILES string of the molecule is CC(C)S(=O)(=O)n1c(N)nc2ccc(-c3nc(-c4cccc(Cl)c4)[nH]c3-c3ccccc3)cc21. The largest absolute Gasteiger partial charge is 0.368 e. The summed E-state index contributed by atoms with van der Waals surface area (Å²) in [6.45, 7) is 3.23. The lowest BCUT2D eigenvalue weighted by atomic mass is 10.0. The summed E-state index contributed by atoms with van der Waals surface area (Å²) in [5, 5.41) is -0.0491. The van der Waals surface area contributed by atoms with Gasteiger partial charge in [0, 0.05) is 21.7 Å². The summed E-state index contributed by atoms with van der Waals surface area (Å²) in [6.07, 6.45) is 0. The molecule has 34 heavy (non-hydrogen) atoms. The Kier molecular flexibility index (Phi) is 5.42. The van der Waals surface area contributed by atoms with Gasteiger partial charge in [-0.05, 0) is 38.1 Å². The third-order valence-corrected chi connectivity index (χ3v) is 7.94. The van der Waals surface area contributed by atoms with E-state index in [1.54, 1.807) is 26.0 Å². The average molecular weight is 492 g/mol. The Hall–Kier alpha value is -3.62. The van der Waals surface area contributed by atoms with Gasteiger partial charge < -0.3 is 10.7 Å². The highest BCUT2D eigenvalue weighted by Crippen LogP contribution is 2.35. The van der Waals surface area contributed by atoms with E-state index in [2.05, 4.69) is 9.97 Å². The Balaban J connectivity index is 1.75. The second-order valence-electron chi connectivity index (χ2n) is 8.22. The highest BCUT2D eigenvalue weighted by Gasteiger charge is 2.25. The topological polar surface area (TPSA) is 107 Å². The number of aromatic amines is 1. The third kappa shape index (κ3) is 3.74. The minimum absolute atomic E-state index is 0.0641. The van der Waals surface area contributed by atoms with Gasteiger partial charge in [0.25, 0.3) is 0 Å². The number of anilines is 1. The van der Waals surface area contributed by atoms with Crippen LogP contribution < -0.4 is 5.73 Å². The number of nitrogen functional groups attached to an aromatic ring is 1. The van der Waals surface area contributed by atoms with E-state index in [4.69, 9.17) is 22.3 Å². The molecule has 0 unspecified atom stereocenters. The second kappa shape index (κ2) is 8.30. The van der Waals surface area contributed by atoms with E-state index in [1.807, 2.05) is 60.7 Å². The monoisotopic (exact) mass is 491 g/mol. The van der Waals surface area contributed by atoms with Gasteiger partial charge in [0.05, 0.1) is 27.7 Å². The van der Waals surface area contributed by atoms with E-state index in [0.29, 0.717) is 27.6 Å². The molecule has 3 aromatic carbocycles. The fourth-order valence-corrected chi connectivity index (χ4v) is 5.20. The van der Waals surface area contributed by atoms with Crippen LogP contribution in [0.5, 0.6) is 0 Å². The second-order valence-corrected chi connectivity index (χ2v) is 11.0. The lowest BCUT2D eigenvalue weighted by Gasteiger charge is -2.11. The van der Waals surface area contributed by atoms with Crippen LogP contribution in [0.3, 0.4) is 0 Å². The van der Waals surface area contributed by atoms with E-state index in [9.17, 15) is 8.42 Å². The minimum atomic E-state index is -3.71. The number of halogens is 1. The molecule has 3 N–H and O–H groups in total. The third-order valence-electron chi connectivity index (χ3n) is 5.63. The number of imidazole rings is 2. The van der Waals surface area contributed by atoms with Crippen molar-refractivity contribution in [2.45, 2.75) is 19.1 Å². The average Bonchev–Trinajstić information content (AvgIpc) is 3.40. The predicted molar refractivity (Wildman–Crippen MR) is 137 cm³/mol. The molecule has 0 bridgehead atoms. The first kappa shape index (κ1) is 22.2. The summed E-state index contributed by atoms with van der Waals surface area (Å²) < 4.78 is 27.1. The molecular weight excluding hydrogens is 470 g/mol. The number of aromatic nitrogens is 4. The van der Waals surface area contributed by atoms with Crippen molar-refractivity contribution in [3.05, 3.63) is 77.8 Å². The number of H-pyrrole nitrogens is 1. The zero-order valence-corrected chi connectivity index (χ0v) is 20.1. The molecular formula is C25H22ClN5O2S. The fourth-order valence-electron chi connectivity index (χ4n) is 3.87. The number of benzene rings is 3. The molecule has 0 fully saturated rings. The maximum absolute atomic E-state index is 13.0. The fraction of sp³-hybridized carbons (Fsp3) is 0.120. The van der Waals surface area contributed by atoms with E-state index < -0.39 is 15.3 Å². The van der Waals surface area contributed by atoms with Crippen LogP contribution in [0, 0.1) is 0 Å². The number of nitrogens with zero attached hydrogens (tertiary/aromatic N) is 3. The van der Waals surface area contributed by atoms with E-state index in [-0.39, 0.29) is 5.95 Å². The number of nitrogens with one attached hydrogen (secondary N) is 1. The lowest BCUT2D eigenvalue weighted by Crippen LogP contribution is -2.23. The molecule has 172 valence electrons. The first-order chi connectivity index (χ1) is 16.3. The van der Waals surface area contributed by atoms with Crippen LogP contribution in [0.4, 0.5) is 5.95 Å². The van der Waals surface area contributed by atoms with Gasteiger partial charge in [-0.2, -0.15) is 0 Å². The number of hydrogen-bond acceptors (Lipinski definition) is 5. The van der Waals surface area contributed by atoms with Crippen molar-refractivity contribution < 1.29 is 8.42 Å². The molecule has 0 aliphatic heterocycles. The van der Waals surface area contributed by atoms with Crippen LogP contribution in [0.25, 0.3) is 44.9 Å². The van der Waals surface area contributed by atoms with Crippen LogP contribution in [-0.4, -0.2) is 32.6 Å². The number of nitrogens with two attached hydrogens (primary N) is 1. The zero-order chi connectivity index (χ0) is 24.0. The maximum atomic E-state index is 13.0. The van der Waals surface area contributed by atoms with Crippen molar-refractivity contribution in [2.24, 2.45) is 0 Å². The molecule has 0 atom stereocenters. The Morgan fingerprint density at radius 1 is 0.912 bits per heavy atom. The van der Waals surface area contributed by atoms with Crippen LogP contribution in [0.2, 0.25) is 5.02 Å². The maximum Gasteiger partial charge on any atom is 0.244 e. The molecule has 0 saturated carbocycles. The molecule has 0 aliphatic carbocycles. The molecule has 0 amide bonds. The Bertz CT molecular complexity index is 1620. The van der Waals surface area contributed by atoms with Gasteiger partial charge in [-0.3, -0.25) is 0 Å². The highest BCUT2D eigenvalue weighted by molar-refractivity contribution is 7.90. The summed E-state index contributed by atoms with van der Waals surface area (Å²) in [6, 6.07) is 22.7. The molecule has 0 saturated heterocycles. The van der Waals surface area contributed by atoms with Crippen LogP contribution in [0.15, 0.2) is 72.8 Å². The zero-order valence-electron chi connectivity index (χ0n) is 18.5. The first-order valence-electron chi connectivity index (χ1n) is 10.7. The summed E-state index contributed by atoms with van der Waals surface area (Å²) in [5.41, 5.74) is 10.9. The van der Waals surface area contributed by atoms with E-state index in [1.165, 1.54) is 0 Å². The summed E-state index contributed by atoms with van der Waals surface area (Å²) >= 11 is 6.21. The molecule has 5 rings (SSSR count). The highest BCUT2D eigenvalue weighted by atomic mass is 35.5. The summed E-state index contributed by atoms with van der Waals surface area (Å²) in [7, 11) is -3.71. The predicted octanol–water partition coefficient (Wildman–Crippen LogP) is 5.58. The molecule has 2 heterocycles. The van der Waals surface area contributed by atoms with Gasteiger partial charge in [-0.25, -0.2) is 22.4 Å². The van der Waals surface area contributed by atoms with Crippen molar-refractivity contribution in [1.82, 2.24) is 18.9 Å². The van der Waals surface area contributed by atoms with Gasteiger partial charge in [0.15, 0.2) is 0 Å².